The highest BCUT2D eigenvalue weighted by atomic mass is 16.5. The molecule has 18 heavy (non-hydrogen) atoms. The van der Waals surface area contributed by atoms with Crippen molar-refractivity contribution in [2.24, 2.45) is 0 Å². The van der Waals surface area contributed by atoms with Crippen molar-refractivity contribution < 1.29 is 14.3 Å². The predicted octanol–water partition coefficient (Wildman–Crippen LogP) is 3.34. The first-order valence-electron chi connectivity index (χ1n) is 6.45. The topological polar surface area (TPSA) is 43.4 Å². The summed E-state index contributed by atoms with van der Waals surface area (Å²) < 4.78 is 4.77. The van der Waals surface area contributed by atoms with E-state index >= 15 is 0 Å². The fourth-order valence-electron chi connectivity index (χ4n) is 2.09. The van der Waals surface area contributed by atoms with Gasteiger partial charge in [0.15, 0.2) is 0 Å². The third-order valence-electron chi connectivity index (χ3n) is 3.09. The van der Waals surface area contributed by atoms with Gasteiger partial charge in [-0.1, -0.05) is 38.1 Å². The molecular weight excluding hydrogens is 228 g/mol. The molecule has 0 N–H and O–H groups in total. The van der Waals surface area contributed by atoms with E-state index in [-0.39, 0.29) is 6.61 Å². The zero-order valence-electron chi connectivity index (χ0n) is 11.2. The summed E-state index contributed by atoms with van der Waals surface area (Å²) in [6, 6.07) is 7.30. The van der Waals surface area contributed by atoms with Crippen LogP contribution in [0, 0.1) is 0 Å². The second-order valence-electron chi connectivity index (χ2n) is 4.15. The third kappa shape index (κ3) is 3.19. The van der Waals surface area contributed by atoms with Crippen molar-refractivity contribution in [3.63, 3.8) is 0 Å². The average Bonchev–Trinajstić information content (AvgIpc) is 2.40. The molecule has 0 radical (unpaired) electrons. The first kappa shape index (κ1) is 14.4. The normalized spacial score (nSPS) is 10.4. The van der Waals surface area contributed by atoms with Gasteiger partial charge in [0, 0.05) is 5.56 Å². The maximum atomic E-state index is 12.0. The fourth-order valence-corrected chi connectivity index (χ4v) is 2.09. The number of ether oxygens (including phenoxy) is 1. The molecule has 0 aliphatic rings. The summed E-state index contributed by atoms with van der Waals surface area (Å²) in [4.78, 5) is 23.5. The van der Waals surface area contributed by atoms with Crippen molar-refractivity contribution in [1.82, 2.24) is 0 Å². The van der Waals surface area contributed by atoms with Crippen molar-refractivity contribution in [3.05, 3.63) is 35.4 Å². The Labute approximate surface area is 108 Å². The number of hydrogen-bond donors (Lipinski definition) is 0. The first-order valence-corrected chi connectivity index (χ1v) is 6.45. The molecule has 0 spiro atoms. The van der Waals surface area contributed by atoms with Gasteiger partial charge in [0.2, 0.25) is 0 Å². The second-order valence-corrected chi connectivity index (χ2v) is 4.15. The lowest BCUT2D eigenvalue weighted by atomic mass is 9.88. The van der Waals surface area contributed by atoms with Crippen LogP contribution in [0.15, 0.2) is 24.3 Å². The highest BCUT2D eigenvalue weighted by Gasteiger charge is 2.22. The summed E-state index contributed by atoms with van der Waals surface area (Å²) >= 11 is 0. The van der Waals surface area contributed by atoms with Crippen molar-refractivity contribution >= 4 is 11.8 Å². The van der Waals surface area contributed by atoms with Gasteiger partial charge in [-0.2, -0.15) is 0 Å². The smallest absolute Gasteiger partial charge is 0.379 e. The number of carbonyl (C=O) groups is 2. The zero-order valence-corrected chi connectivity index (χ0v) is 11.2. The van der Waals surface area contributed by atoms with Gasteiger partial charge in [0.1, 0.15) is 0 Å². The van der Waals surface area contributed by atoms with E-state index in [9.17, 15) is 9.59 Å². The van der Waals surface area contributed by atoms with E-state index < -0.39 is 11.8 Å². The van der Waals surface area contributed by atoms with Crippen molar-refractivity contribution in [3.8, 4) is 0 Å². The molecule has 3 nitrogen and oxygen atoms in total. The summed E-state index contributed by atoms with van der Waals surface area (Å²) in [6.45, 7) is 6.08. The Kier molecular flexibility index (Phi) is 5.56. The minimum atomic E-state index is -0.768. The number of carbonyl (C=O) groups excluding carboxylic acids is 2. The lowest BCUT2D eigenvalue weighted by Crippen LogP contribution is -2.19. The molecule has 0 aliphatic carbocycles. The molecule has 0 heterocycles. The van der Waals surface area contributed by atoms with Crippen LogP contribution in [-0.4, -0.2) is 18.4 Å². The van der Waals surface area contributed by atoms with Crippen LogP contribution in [0.4, 0.5) is 0 Å². The van der Waals surface area contributed by atoms with Gasteiger partial charge in [-0.05, 0) is 31.2 Å². The van der Waals surface area contributed by atoms with Crippen LogP contribution >= 0.6 is 0 Å². The van der Waals surface area contributed by atoms with Gasteiger partial charge in [-0.15, -0.1) is 0 Å². The molecule has 0 bridgehead atoms. The van der Waals surface area contributed by atoms with Crippen LogP contribution in [0.5, 0.6) is 0 Å². The molecule has 0 saturated carbocycles. The number of ketones is 1. The summed E-state index contributed by atoms with van der Waals surface area (Å²) in [5.74, 6) is -1.00. The number of hydrogen-bond acceptors (Lipinski definition) is 3. The molecule has 0 aromatic heterocycles. The maximum absolute atomic E-state index is 12.0. The molecule has 1 rings (SSSR count). The van der Waals surface area contributed by atoms with E-state index in [1.54, 1.807) is 19.1 Å². The lowest BCUT2D eigenvalue weighted by Gasteiger charge is -2.16. The minimum absolute atomic E-state index is 0.220. The Morgan fingerprint density at radius 1 is 1.11 bits per heavy atom. The molecule has 0 unspecified atom stereocenters. The summed E-state index contributed by atoms with van der Waals surface area (Å²) in [5.41, 5.74) is 1.42. The minimum Gasteiger partial charge on any atom is -0.460 e. The molecule has 0 fully saturated rings. The van der Waals surface area contributed by atoms with Gasteiger partial charge in [-0.3, -0.25) is 4.79 Å². The van der Waals surface area contributed by atoms with Crippen LogP contribution < -0.4 is 0 Å². The first-order chi connectivity index (χ1) is 8.65. The monoisotopic (exact) mass is 248 g/mol. The van der Waals surface area contributed by atoms with E-state index in [1.165, 1.54) is 0 Å². The number of rotatable bonds is 6. The molecule has 98 valence electrons. The quantitative estimate of drug-likeness (QED) is 0.440. The molecule has 0 saturated heterocycles. The largest absolute Gasteiger partial charge is 0.460 e. The summed E-state index contributed by atoms with van der Waals surface area (Å²) in [7, 11) is 0. The Bertz CT molecular complexity index is 420. The molecular formula is C15H20O3. The lowest BCUT2D eigenvalue weighted by molar-refractivity contribution is -0.137. The highest BCUT2D eigenvalue weighted by Crippen LogP contribution is 2.26. The highest BCUT2D eigenvalue weighted by molar-refractivity contribution is 6.41. The fraction of sp³-hybridized carbons (Fsp3) is 0.467. The van der Waals surface area contributed by atoms with Gasteiger partial charge in [-0.25, -0.2) is 4.79 Å². The summed E-state index contributed by atoms with van der Waals surface area (Å²) in [5, 5.41) is 0. The van der Waals surface area contributed by atoms with Crippen LogP contribution in [0.3, 0.4) is 0 Å². The van der Waals surface area contributed by atoms with E-state index in [0.717, 1.165) is 18.4 Å². The average molecular weight is 248 g/mol. The van der Waals surface area contributed by atoms with Crippen LogP contribution in [0.2, 0.25) is 0 Å². The van der Waals surface area contributed by atoms with E-state index in [2.05, 4.69) is 13.8 Å². The predicted molar refractivity (Wildman–Crippen MR) is 70.7 cm³/mol. The zero-order chi connectivity index (χ0) is 13.5. The SMILES string of the molecule is CCOC(=O)C(=O)c1ccccc1C(CC)CC. The number of benzene rings is 1. The van der Waals surface area contributed by atoms with Crippen molar-refractivity contribution in [1.29, 1.82) is 0 Å². The second kappa shape index (κ2) is 6.94. The van der Waals surface area contributed by atoms with Crippen LogP contribution in [0.1, 0.15) is 55.5 Å². The van der Waals surface area contributed by atoms with Crippen molar-refractivity contribution in [2.75, 3.05) is 6.61 Å². The van der Waals surface area contributed by atoms with E-state index in [0.29, 0.717) is 11.5 Å². The van der Waals surface area contributed by atoms with Crippen molar-refractivity contribution in [2.45, 2.75) is 39.5 Å². The molecule has 1 aromatic rings. The number of Topliss-reactive ketones (excluding diaryl/α,β-unsaturated/α-hetero) is 1. The van der Waals surface area contributed by atoms with E-state index in [4.69, 9.17) is 4.74 Å². The van der Waals surface area contributed by atoms with Crippen LogP contribution in [-0.2, 0) is 9.53 Å². The molecule has 1 aromatic carbocycles. The van der Waals surface area contributed by atoms with Gasteiger partial charge in [0.25, 0.3) is 5.78 Å². The Morgan fingerprint density at radius 2 is 1.72 bits per heavy atom. The third-order valence-corrected chi connectivity index (χ3v) is 3.09. The summed E-state index contributed by atoms with van der Waals surface area (Å²) in [6.07, 6.45) is 1.90. The molecule has 3 heteroatoms. The molecule has 0 amide bonds. The van der Waals surface area contributed by atoms with Gasteiger partial charge >= 0.3 is 5.97 Å². The van der Waals surface area contributed by atoms with Crippen LogP contribution in [0.25, 0.3) is 0 Å². The standard InChI is InChI=1S/C15H20O3/c1-4-11(5-2)12-9-7-8-10-13(12)14(16)15(17)18-6-3/h7-11H,4-6H2,1-3H3. The maximum Gasteiger partial charge on any atom is 0.379 e. The number of esters is 1. The Morgan fingerprint density at radius 3 is 2.28 bits per heavy atom. The van der Waals surface area contributed by atoms with E-state index in [1.807, 2.05) is 12.1 Å². The van der Waals surface area contributed by atoms with Gasteiger partial charge in [0.05, 0.1) is 6.61 Å². The Balaban J connectivity index is 3.08. The molecule has 0 aliphatic heterocycles. The van der Waals surface area contributed by atoms with Gasteiger partial charge < -0.3 is 4.74 Å². The molecule has 0 atom stereocenters. The Hall–Kier alpha value is -1.64.